The second kappa shape index (κ2) is 12.2. The Bertz CT molecular complexity index is 1480. The largest absolute Gasteiger partial charge is 0.494 e. The predicted octanol–water partition coefficient (Wildman–Crippen LogP) is 7.81. The average Bonchev–Trinajstić information content (AvgIpc) is 3.65. The number of aromatic nitrogens is 3. The van der Waals surface area contributed by atoms with Crippen LogP contribution in [0.1, 0.15) is 45.1 Å². The summed E-state index contributed by atoms with van der Waals surface area (Å²) >= 11 is 0. The number of ether oxygens (including phenoxy) is 1. The zero-order valence-corrected chi connectivity index (χ0v) is 22.9. The Morgan fingerprint density at radius 3 is 2.34 bits per heavy atom. The molecule has 0 amide bonds. The first kappa shape index (κ1) is 25.9. The highest BCUT2D eigenvalue weighted by molar-refractivity contribution is 6.01. The van der Waals surface area contributed by atoms with Gasteiger partial charge in [-0.25, -0.2) is 9.50 Å². The van der Waals surface area contributed by atoms with Gasteiger partial charge in [0.25, 0.3) is 0 Å². The molecular formula is C33H38N4O. The van der Waals surface area contributed by atoms with E-state index in [1.54, 1.807) is 0 Å². The van der Waals surface area contributed by atoms with E-state index in [-0.39, 0.29) is 0 Å². The Kier molecular flexibility index (Phi) is 8.34. The lowest BCUT2D eigenvalue weighted by Gasteiger charge is -2.14. The summed E-state index contributed by atoms with van der Waals surface area (Å²) in [5, 5.41) is 7.13. The van der Waals surface area contributed by atoms with E-state index in [9.17, 15) is 0 Å². The van der Waals surface area contributed by atoms with E-state index in [2.05, 4.69) is 71.7 Å². The number of fused-ring (bicyclic) bond motifs is 2. The normalized spacial score (nSPS) is 13.6. The van der Waals surface area contributed by atoms with E-state index >= 15 is 0 Å². The maximum Gasteiger partial charge on any atom is 0.162 e. The monoisotopic (exact) mass is 506 g/mol. The first-order chi connectivity index (χ1) is 18.8. The molecule has 2 aromatic heterocycles. The fourth-order valence-corrected chi connectivity index (χ4v) is 5.28. The third-order valence-corrected chi connectivity index (χ3v) is 7.31. The zero-order valence-electron chi connectivity index (χ0n) is 22.9. The van der Waals surface area contributed by atoms with Crippen molar-refractivity contribution >= 4 is 16.4 Å². The van der Waals surface area contributed by atoms with E-state index in [0.717, 1.165) is 46.7 Å². The quantitative estimate of drug-likeness (QED) is 0.201. The Hall–Kier alpha value is -3.70. The van der Waals surface area contributed by atoms with E-state index in [4.69, 9.17) is 9.72 Å². The maximum absolute atomic E-state index is 5.98. The van der Waals surface area contributed by atoms with E-state index in [0.29, 0.717) is 0 Å². The van der Waals surface area contributed by atoms with Crippen molar-refractivity contribution in [2.24, 2.45) is 0 Å². The standard InChI is InChI=1S/C31H32N4O.C2H6/c1-23-10-15-29(28-9-3-2-8-27(23)28)30-21-33-35-22-25(20-32-31(30)35)24-11-13-26(14-12-24)36-19-7-6-18-34-16-4-5-17-34;1-2/h2-3,8-15,20-22H,4-7,16-19H2,1H3;1-2H3. The van der Waals surface area contributed by atoms with Gasteiger partial charge in [-0.2, -0.15) is 5.10 Å². The highest BCUT2D eigenvalue weighted by atomic mass is 16.5. The summed E-state index contributed by atoms with van der Waals surface area (Å²) in [5.41, 5.74) is 6.48. The second-order valence-corrected chi connectivity index (χ2v) is 9.77. The summed E-state index contributed by atoms with van der Waals surface area (Å²) in [6.45, 7) is 10.7. The van der Waals surface area contributed by atoms with E-state index in [1.807, 2.05) is 42.9 Å². The molecule has 0 atom stereocenters. The molecule has 3 aromatic carbocycles. The summed E-state index contributed by atoms with van der Waals surface area (Å²) in [5.74, 6) is 0.918. The van der Waals surface area contributed by atoms with E-state index < -0.39 is 0 Å². The van der Waals surface area contributed by atoms with Gasteiger partial charge in [-0.1, -0.05) is 62.4 Å². The second-order valence-electron chi connectivity index (χ2n) is 9.77. The van der Waals surface area contributed by atoms with Crippen LogP contribution in [0.5, 0.6) is 5.75 Å². The lowest BCUT2D eigenvalue weighted by Crippen LogP contribution is -2.20. The third-order valence-electron chi connectivity index (χ3n) is 7.31. The molecule has 3 heterocycles. The van der Waals surface area contributed by atoms with Crippen molar-refractivity contribution in [3.63, 3.8) is 0 Å². The number of hydrogen-bond acceptors (Lipinski definition) is 4. The Morgan fingerprint density at radius 1 is 0.789 bits per heavy atom. The molecule has 0 radical (unpaired) electrons. The summed E-state index contributed by atoms with van der Waals surface area (Å²) in [6, 6.07) is 21.2. The average molecular weight is 507 g/mol. The number of benzene rings is 3. The van der Waals surface area contributed by atoms with Crippen molar-refractivity contribution in [3.05, 3.63) is 84.8 Å². The van der Waals surface area contributed by atoms with Gasteiger partial charge in [0.05, 0.1) is 12.8 Å². The van der Waals surface area contributed by atoms with Gasteiger partial charge in [0.1, 0.15) is 5.75 Å². The Balaban J connectivity index is 0.00000144. The van der Waals surface area contributed by atoms with Crippen LogP contribution in [0.25, 0.3) is 38.7 Å². The molecule has 1 aliphatic rings. The molecule has 196 valence electrons. The van der Waals surface area contributed by atoms with Crippen molar-refractivity contribution in [2.75, 3.05) is 26.2 Å². The number of likely N-dealkylation sites (tertiary alicyclic amines) is 1. The molecule has 6 rings (SSSR count). The van der Waals surface area contributed by atoms with Crippen LogP contribution < -0.4 is 4.74 Å². The maximum atomic E-state index is 5.98. The van der Waals surface area contributed by atoms with E-state index in [1.165, 1.54) is 55.2 Å². The molecule has 0 bridgehead atoms. The molecule has 38 heavy (non-hydrogen) atoms. The topological polar surface area (TPSA) is 42.7 Å². The first-order valence-electron chi connectivity index (χ1n) is 14.0. The molecule has 1 aliphatic heterocycles. The highest BCUT2D eigenvalue weighted by Gasteiger charge is 2.13. The fourth-order valence-electron chi connectivity index (χ4n) is 5.28. The van der Waals surface area contributed by atoms with Crippen LogP contribution in [0, 0.1) is 6.92 Å². The summed E-state index contributed by atoms with van der Waals surface area (Å²) in [6.07, 6.45) is 10.9. The number of nitrogens with zero attached hydrogens (tertiary/aromatic N) is 4. The molecule has 0 N–H and O–H groups in total. The van der Waals surface area contributed by atoms with Crippen molar-refractivity contribution in [2.45, 2.75) is 46.5 Å². The van der Waals surface area contributed by atoms with Gasteiger partial charge >= 0.3 is 0 Å². The van der Waals surface area contributed by atoms with Crippen molar-refractivity contribution < 1.29 is 4.74 Å². The molecule has 5 heteroatoms. The van der Waals surface area contributed by atoms with Gasteiger partial charge in [-0.15, -0.1) is 0 Å². The van der Waals surface area contributed by atoms with Gasteiger partial charge in [0, 0.05) is 23.5 Å². The zero-order chi connectivity index (χ0) is 26.3. The van der Waals surface area contributed by atoms with Gasteiger partial charge in [0.15, 0.2) is 5.65 Å². The summed E-state index contributed by atoms with van der Waals surface area (Å²) in [4.78, 5) is 7.37. The third kappa shape index (κ3) is 5.58. The molecule has 0 unspecified atom stereocenters. The van der Waals surface area contributed by atoms with Crippen LogP contribution in [0.3, 0.4) is 0 Å². The fraction of sp³-hybridized carbons (Fsp3) is 0.333. The van der Waals surface area contributed by atoms with Gasteiger partial charge in [-0.3, -0.25) is 0 Å². The molecule has 1 saturated heterocycles. The lowest BCUT2D eigenvalue weighted by molar-refractivity contribution is 0.280. The summed E-state index contributed by atoms with van der Waals surface area (Å²) < 4.78 is 7.86. The SMILES string of the molecule is CC.Cc1ccc(-c2cnn3cc(-c4ccc(OCCCCN5CCCC5)cc4)cnc23)c2ccccc12. The molecule has 0 saturated carbocycles. The molecule has 5 aromatic rings. The van der Waals surface area contributed by atoms with Crippen LogP contribution in [-0.2, 0) is 0 Å². The molecule has 1 fully saturated rings. The van der Waals surface area contributed by atoms with Gasteiger partial charge < -0.3 is 9.64 Å². The minimum Gasteiger partial charge on any atom is -0.494 e. The van der Waals surface area contributed by atoms with Crippen LogP contribution in [0.4, 0.5) is 0 Å². The predicted molar refractivity (Wildman–Crippen MR) is 158 cm³/mol. The van der Waals surface area contributed by atoms with Crippen LogP contribution >= 0.6 is 0 Å². The number of unbranched alkanes of at least 4 members (excludes halogenated alkanes) is 1. The highest BCUT2D eigenvalue weighted by Crippen LogP contribution is 2.33. The minimum atomic E-state index is 0.768. The Morgan fingerprint density at radius 2 is 1.55 bits per heavy atom. The number of aryl methyl sites for hydroxylation is 1. The van der Waals surface area contributed by atoms with Crippen LogP contribution in [0.15, 0.2) is 79.3 Å². The molecule has 0 spiro atoms. The van der Waals surface area contributed by atoms with Crippen LogP contribution in [0.2, 0.25) is 0 Å². The van der Waals surface area contributed by atoms with Gasteiger partial charge in [0.2, 0.25) is 0 Å². The minimum absolute atomic E-state index is 0.768. The number of hydrogen-bond donors (Lipinski definition) is 0. The lowest BCUT2D eigenvalue weighted by atomic mass is 9.97. The van der Waals surface area contributed by atoms with Crippen molar-refractivity contribution in [1.82, 2.24) is 19.5 Å². The molecule has 5 nitrogen and oxygen atoms in total. The van der Waals surface area contributed by atoms with Crippen molar-refractivity contribution in [3.8, 4) is 28.0 Å². The van der Waals surface area contributed by atoms with Crippen molar-refractivity contribution in [1.29, 1.82) is 0 Å². The van der Waals surface area contributed by atoms with Gasteiger partial charge in [-0.05, 0) is 91.8 Å². The Labute approximate surface area is 226 Å². The van der Waals surface area contributed by atoms with Crippen LogP contribution in [-0.4, -0.2) is 45.7 Å². The smallest absolute Gasteiger partial charge is 0.162 e. The number of rotatable bonds is 8. The molecule has 0 aliphatic carbocycles. The molecular weight excluding hydrogens is 468 g/mol. The summed E-state index contributed by atoms with van der Waals surface area (Å²) in [7, 11) is 0. The first-order valence-corrected chi connectivity index (χ1v) is 14.0.